The van der Waals surface area contributed by atoms with Crippen LogP contribution in [0.1, 0.15) is 20.8 Å². The first-order valence-corrected chi connectivity index (χ1v) is 9.32. The molecular formula is C23H17ClN2O3. The van der Waals surface area contributed by atoms with Crippen LogP contribution in [0, 0.1) is 0 Å². The highest BCUT2D eigenvalue weighted by atomic mass is 35.5. The molecule has 0 saturated heterocycles. The number of fused-ring (bicyclic) bond motifs is 1. The number of benzene rings is 3. The van der Waals surface area contributed by atoms with Gasteiger partial charge in [0, 0.05) is 23.7 Å². The largest absolute Gasteiger partial charge is 0.477 e. The van der Waals surface area contributed by atoms with Crippen LogP contribution in [0.2, 0.25) is 5.02 Å². The number of hydrogen-bond acceptors (Lipinski definition) is 2. The molecule has 0 fully saturated rings. The predicted molar refractivity (Wildman–Crippen MR) is 115 cm³/mol. The molecule has 0 aliphatic carbocycles. The van der Waals surface area contributed by atoms with E-state index in [0.717, 1.165) is 11.1 Å². The summed E-state index contributed by atoms with van der Waals surface area (Å²) in [4.78, 5) is 24.4. The van der Waals surface area contributed by atoms with Crippen molar-refractivity contribution in [2.45, 2.75) is 0 Å². The summed E-state index contributed by atoms with van der Waals surface area (Å²) in [6.45, 7) is 0. The zero-order valence-corrected chi connectivity index (χ0v) is 16.3. The maximum atomic E-state index is 13.0. The topological polar surface area (TPSA) is 71.3 Å². The molecule has 29 heavy (non-hydrogen) atoms. The van der Waals surface area contributed by atoms with E-state index in [9.17, 15) is 14.7 Å². The lowest BCUT2D eigenvalue weighted by Crippen LogP contribution is -2.13. The van der Waals surface area contributed by atoms with Gasteiger partial charge in [-0.3, -0.25) is 4.79 Å². The Balaban J connectivity index is 1.71. The van der Waals surface area contributed by atoms with Crippen LogP contribution < -0.4 is 5.32 Å². The van der Waals surface area contributed by atoms with Crippen LogP contribution in [-0.4, -0.2) is 21.6 Å². The molecule has 1 amide bonds. The highest BCUT2D eigenvalue weighted by Gasteiger charge is 2.20. The zero-order chi connectivity index (χ0) is 20.5. The number of carbonyl (C=O) groups excluding carboxylic acids is 1. The Morgan fingerprint density at radius 1 is 0.966 bits per heavy atom. The van der Waals surface area contributed by atoms with E-state index in [1.807, 2.05) is 48.5 Å². The monoisotopic (exact) mass is 404 g/mol. The first-order valence-electron chi connectivity index (χ1n) is 8.94. The summed E-state index contributed by atoms with van der Waals surface area (Å²) in [5.41, 5.74) is 3.55. The van der Waals surface area contributed by atoms with E-state index in [2.05, 4.69) is 5.32 Å². The number of amides is 1. The highest BCUT2D eigenvalue weighted by Crippen LogP contribution is 2.32. The Morgan fingerprint density at radius 2 is 1.66 bits per heavy atom. The minimum Gasteiger partial charge on any atom is -0.477 e. The normalized spacial score (nSPS) is 10.8. The SMILES string of the molecule is Cn1c(C(=O)O)c(Cl)c2cc(NC(=O)c3ccccc3-c3ccccc3)ccc21. The van der Waals surface area contributed by atoms with Crippen LogP contribution in [-0.2, 0) is 7.05 Å². The third kappa shape index (κ3) is 3.37. The Kier molecular flexibility index (Phi) is 4.82. The van der Waals surface area contributed by atoms with Crippen molar-refractivity contribution in [2.24, 2.45) is 7.05 Å². The van der Waals surface area contributed by atoms with Gasteiger partial charge in [-0.2, -0.15) is 0 Å². The van der Waals surface area contributed by atoms with Crippen LogP contribution >= 0.6 is 11.6 Å². The van der Waals surface area contributed by atoms with Crippen LogP contribution in [0.5, 0.6) is 0 Å². The quantitative estimate of drug-likeness (QED) is 0.475. The summed E-state index contributed by atoms with van der Waals surface area (Å²) in [5, 5.41) is 13.0. The summed E-state index contributed by atoms with van der Waals surface area (Å²) in [5.74, 6) is -1.36. The van der Waals surface area contributed by atoms with Crippen molar-refractivity contribution in [3.8, 4) is 11.1 Å². The van der Waals surface area contributed by atoms with E-state index in [1.165, 1.54) is 4.57 Å². The van der Waals surface area contributed by atoms with Gasteiger partial charge in [0.1, 0.15) is 5.69 Å². The molecule has 0 aliphatic heterocycles. The maximum absolute atomic E-state index is 13.0. The van der Waals surface area contributed by atoms with Crippen molar-refractivity contribution < 1.29 is 14.7 Å². The highest BCUT2D eigenvalue weighted by molar-refractivity contribution is 6.38. The van der Waals surface area contributed by atoms with Gasteiger partial charge < -0.3 is 15.0 Å². The smallest absolute Gasteiger partial charge is 0.354 e. The molecule has 0 saturated carbocycles. The number of carbonyl (C=O) groups is 2. The number of aryl methyl sites for hydroxylation is 1. The second-order valence-electron chi connectivity index (χ2n) is 6.62. The van der Waals surface area contributed by atoms with Crippen molar-refractivity contribution in [1.29, 1.82) is 0 Å². The van der Waals surface area contributed by atoms with Gasteiger partial charge in [0.05, 0.1) is 10.5 Å². The van der Waals surface area contributed by atoms with Crippen molar-refractivity contribution >= 4 is 40.1 Å². The molecule has 0 aliphatic rings. The summed E-state index contributed by atoms with van der Waals surface area (Å²) >= 11 is 6.27. The minimum absolute atomic E-state index is 0.0135. The maximum Gasteiger partial charge on any atom is 0.354 e. The molecular weight excluding hydrogens is 388 g/mol. The van der Waals surface area contributed by atoms with E-state index in [-0.39, 0.29) is 16.6 Å². The predicted octanol–water partition coefficient (Wildman–Crippen LogP) is 5.45. The summed E-state index contributed by atoms with van der Waals surface area (Å²) in [6, 6.07) is 22.2. The van der Waals surface area contributed by atoms with Gasteiger partial charge in [0.2, 0.25) is 0 Å². The fourth-order valence-electron chi connectivity index (χ4n) is 3.46. The molecule has 6 heteroatoms. The van der Waals surface area contributed by atoms with Crippen molar-refractivity contribution in [3.63, 3.8) is 0 Å². The number of carboxylic acid groups (broad SMARTS) is 1. The number of rotatable bonds is 4. The van der Waals surface area contributed by atoms with Crippen LogP contribution in [0.3, 0.4) is 0 Å². The molecule has 0 atom stereocenters. The van der Waals surface area contributed by atoms with Gasteiger partial charge in [-0.15, -0.1) is 0 Å². The summed E-state index contributed by atoms with van der Waals surface area (Å²) in [7, 11) is 1.64. The lowest BCUT2D eigenvalue weighted by molar-refractivity contribution is 0.0687. The Hall–Kier alpha value is -3.57. The van der Waals surface area contributed by atoms with Crippen LogP contribution in [0.25, 0.3) is 22.0 Å². The second-order valence-corrected chi connectivity index (χ2v) is 7.00. The summed E-state index contributed by atoms with van der Waals surface area (Å²) in [6.07, 6.45) is 0. The molecule has 0 bridgehead atoms. The van der Waals surface area contributed by atoms with Crippen molar-refractivity contribution in [3.05, 3.63) is 89.1 Å². The minimum atomic E-state index is -1.10. The molecule has 4 rings (SSSR count). The first-order chi connectivity index (χ1) is 14.0. The number of hydrogen-bond donors (Lipinski definition) is 2. The number of anilines is 1. The standard InChI is InChI=1S/C23H17ClN2O3/c1-26-19-12-11-15(13-18(19)20(24)21(26)23(28)29)25-22(27)17-10-6-5-9-16(17)14-7-3-2-4-8-14/h2-13H,1H3,(H,25,27)(H,28,29). The lowest BCUT2D eigenvalue weighted by atomic mass is 9.99. The molecule has 4 aromatic rings. The molecule has 0 unspecified atom stereocenters. The van der Waals surface area contributed by atoms with E-state index in [0.29, 0.717) is 22.2 Å². The third-order valence-electron chi connectivity index (χ3n) is 4.85. The Labute approximate surface area is 172 Å². The molecule has 144 valence electrons. The van der Waals surface area contributed by atoms with Gasteiger partial charge in [-0.05, 0) is 35.4 Å². The molecule has 0 spiro atoms. The van der Waals surface area contributed by atoms with Crippen molar-refractivity contribution in [2.75, 3.05) is 5.32 Å². The van der Waals surface area contributed by atoms with Gasteiger partial charge >= 0.3 is 5.97 Å². The molecule has 1 heterocycles. The second kappa shape index (κ2) is 7.45. The van der Waals surface area contributed by atoms with Crippen LogP contribution in [0.4, 0.5) is 5.69 Å². The average Bonchev–Trinajstić information content (AvgIpc) is 2.98. The van der Waals surface area contributed by atoms with Gasteiger partial charge in [-0.1, -0.05) is 60.1 Å². The van der Waals surface area contributed by atoms with Gasteiger partial charge in [0.25, 0.3) is 5.91 Å². The lowest BCUT2D eigenvalue weighted by Gasteiger charge is -2.11. The fraction of sp³-hybridized carbons (Fsp3) is 0.0435. The van der Waals surface area contributed by atoms with E-state index >= 15 is 0 Å². The number of nitrogens with one attached hydrogen (secondary N) is 1. The molecule has 0 radical (unpaired) electrons. The molecule has 1 aromatic heterocycles. The Morgan fingerprint density at radius 3 is 2.38 bits per heavy atom. The van der Waals surface area contributed by atoms with Crippen LogP contribution in [0.15, 0.2) is 72.8 Å². The number of halogens is 1. The first kappa shape index (κ1) is 18.8. The van der Waals surface area contributed by atoms with Gasteiger partial charge in [0.15, 0.2) is 0 Å². The third-order valence-corrected chi connectivity index (χ3v) is 5.24. The van der Waals surface area contributed by atoms with E-state index < -0.39 is 5.97 Å². The van der Waals surface area contributed by atoms with E-state index in [1.54, 1.807) is 31.3 Å². The fourth-order valence-corrected chi connectivity index (χ4v) is 3.82. The molecule has 5 nitrogen and oxygen atoms in total. The van der Waals surface area contributed by atoms with Gasteiger partial charge in [-0.25, -0.2) is 4.79 Å². The molecule has 3 aromatic carbocycles. The zero-order valence-electron chi connectivity index (χ0n) is 15.5. The number of carboxylic acids is 1. The Bertz CT molecular complexity index is 1250. The number of aromatic carboxylic acids is 1. The number of aromatic nitrogens is 1. The number of nitrogens with zero attached hydrogens (tertiary/aromatic N) is 1. The average molecular weight is 405 g/mol. The molecule has 2 N–H and O–H groups in total. The van der Waals surface area contributed by atoms with E-state index in [4.69, 9.17) is 11.6 Å². The van der Waals surface area contributed by atoms with Crippen molar-refractivity contribution in [1.82, 2.24) is 4.57 Å². The summed E-state index contributed by atoms with van der Waals surface area (Å²) < 4.78 is 1.52.